The number of hydrogen-bond donors (Lipinski definition) is 2. The maximum Gasteiger partial charge on any atom is 0.161 e. The zero-order chi connectivity index (χ0) is 15.8. The van der Waals surface area contributed by atoms with Gasteiger partial charge >= 0.3 is 0 Å². The van der Waals surface area contributed by atoms with Gasteiger partial charge < -0.3 is 24.2 Å². The fraction of sp³-hybridized carbons (Fsp3) is 0.647. The molecule has 0 unspecified atom stereocenters. The molecule has 0 amide bonds. The second-order valence-electron chi connectivity index (χ2n) is 5.87. The first-order valence-corrected chi connectivity index (χ1v) is 8.03. The van der Waals surface area contributed by atoms with Crippen molar-refractivity contribution in [3.63, 3.8) is 0 Å². The van der Waals surface area contributed by atoms with Gasteiger partial charge in [-0.15, -0.1) is 0 Å². The van der Waals surface area contributed by atoms with Gasteiger partial charge in [-0.2, -0.15) is 0 Å². The van der Waals surface area contributed by atoms with Crippen molar-refractivity contribution in [2.75, 3.05) is 40.5 Å². The molecule has 0 aromatic heterocycles. The Labute approximate surface area is 132 Å². The molecule has 1 aromatic carbocycles. The smallest absolute Gasteiger partial charge is 0.161 e. The summed E-state index contributed by atoms with van der Waals surface area (Å²) < 4.78 is 16.1. The Balaban J connectivity index is 1.73. The Morgan fingerprint density at radius 3 is 2.50 bits per heavy atom. The topological polar surface area (TPSA) is 52.4 Å². The molecule has 22 heavy (non-hydrogen) atoms. The van der Waals surface area contributed by atoms with Crippen LogP contribution in [0.1, 0.15) is 24.8 Å². The molecular formula is C17H28NO4+. The van der Waals surface area contributed by atoms with E-state index in [0.29, 0.717) is 24.7 Å². The van der Waals surface area contributed by atoms with Crippen LogP contribution in [0.4, 0.5) is 0 Å². The SMILES string of the molecule is COc1ccc(COC[C@H](O)C[NH+]2CCCCC2)cc1OC. The number of rotatable bonds is 8. The maximum atomic E-state index is 10.1. The third-order valence-corrected chi connectivity index (χ3v) is 4.11. The number of methoxy groups -OCH3 is 2. The predicted octanol–water partition coefficient (Wildman–Crippen LogP) is 0.650. The molecule has 1 heterocycles. The highest BCUT2D eigenvalue weighted by atomic mass is 16.5. The molecule has 0 bridgehead atoms. The molecule has 1 saturated heterocycles. The first-order chi connectivity index (χ1) is 10.7. The number of aliphatic hydroxyl groups excluding tert-OH is 1. The molecule has 2 rings (SSSR count). The molecule has 1 fully saturated rings. The minimum atomic E-state index is -0.395. The molecule has 1 aliphatic heterocycles. The molecule has 5 nitrogen and oxygen atoms in total. The van der Waals surface area contributed by atoms with E-state index in [0.717, 1.165) is 12.1 Å². The van der Waals surface area contributed by atoms with E-state index in [1.165, 1.54) is 37.3 Å². The van der Waals surface area contributed by atoms with E-state index in [-0.39, 0.29) is 0 Å². The van der Waals surface area contributed by atoms with Crippen LogP contribution in [0.3, 0.4) is 0 Å². The summed E-state index contributed by atoms with van der Waals surface area (Å²) >= 11 is 0. The lowest BCUT2D eigenvalue weighted by atomic mass is 10.1. The van der Waals surface area contributed by atoms with Gasteiger partial charge in [-0.1, -0.05) is 6.07 Å². The van der Waals surface area contributed by atoms with E-state index < -0.39 is 6.10 Å². The number of likely N-dealkylation sites (tertiary alicyclic amines) is 1. The number of piperidine rings is 1. The highest BCUT2D eigenvalue weighted by Gasteiger charge is 2.18. The Bertz CT molecular complexity index is 446. The summed E-state index contributed by atoms with van der Waals surface area (Å²) in [7, 11) is 3.24. The fourth-order valence-corrected chi connectivity index (χ4v) is 2.93. The number of quaternary nitrogens is 1. The van der Waals surface area contributed by atoms with E-state index in [9.17, 15) is 5.11 Å². The Morgan fingerprint density at radius 1 is 1.09 bits per heavy atom. The summed E-state index contributed by atoms with van der Waals surface area (Å²) in [6, 6.07) is 5.72. The second-order valence-corrected chi connectivity index (χ2v) is 5.87. The summed E-state index contributed by atoms with van der Waals surface area (Å²) in [6.45, 7) is 3.97. The number of aliphatic hydroxyl groups is 1. The van der Waals surface area contributed by atoms with Gasteiger partial charge in [-0.25, -0.2) is 0 Å². The summed E-state index contributed by atoms with van der Waals surface area (Å²) in [5, 5.41) is 10.1. The van der Waals surface area contributed by atoms with E-state index >= 15 is 0 Å². The van der Waals surface area contributed by atoms with E-state index in [1.807, 2.05) is 18.2 Å². The van der Waals surface area contributed by atoms with Gasteiger partial charge in [-0.05, 0) is 37.0 Å². The molecule has 1 aliphatic rings. The zero-order valence-corrected chi connectivity index (χ0v) is 13.6. The monoisotopic (exact) mass is 310 g/mol. The van der Waals surface area contributed by atoms with Crippen LogP contribution in [-0.4, -0.2) is 51.7 Å². The minimum absolute atomic E-state index is 0.373. The van der Waals surface area contributed by atoms with Crippen molar-refractivity contribution in [1.82, 2.24) is 0 Å². The van der Waals surface area contributed by atoms with Gasteiger partial charge in [0.05, 0.1) is 40.5 Å². The quantitative estimate of drug-likeness (QED) is 0.740. The first kappa shape index (κ1) is 17.1. The van der Waals surface area contributed by atoms with Gasteiger partial charge in [0, 0.05) is 0 Å². The van der Waals surface area contributed by atoms with E-state index in [1.54, 1.807) is 14.2 Å². The minimum Gasteiger partial charge on any atom is -0.493 e. The molecule has 0 spiro atoms. The van der Waals surface area contributed by atoms with Crippen molar-refractivity contribution in [3.05, 3.63) is 23.8 Å². The van der Waals surface area contributed by atoms with Crippen LogP contribution in [0.15, 0.2) is 18.2 Å². The van der Waals surface area contributed by atoms with Crippen molar-refractivity contribution in [2.45, 2.75) is 32.0 Å². The normalized spacial score (nSPS) is 17.2. The summed E-state index contributed by atoms with van der Waals surface area (Å²) in [4.78, 5) is 1.49. The highest BCUT2D eigenvalue weighted by molar-refractivity contribution is 5.42. The third kappa shape index (κ3) is 5.16. The molecule has 0 radical (unpaired) electrons. The molecular weight excluding hydrogens is 282 g/mol. The van der Waals surface area contributed by atoms with Gasteiger partial charge in [0.15, 0.2) is 11.5 Å². The van der Waals surface area contributed by atoms with Gasteiger partial charge in [0.25, 0.3) is 0 Å². The number of hydrogen-bond acceptors (Lipinski definition) is 4. The summed E-state index contributed by atoms with van der Waals surface area (Å²) in [5.74, 6) is 1.40. The summed E-state index contributed by atoms with van der Waals surface area (Å²) in [6.07, 6.45) is 3.48. The van der Waals surface area contributed by atoms with Crippen LogP contribution in [0.25, 0.3) is 0 Å². The van der Waals surface area contributed by atoms with Crippen LogP contribution < -0.4 is 14.4 Å². The van der Waals surface area contributed by atoms with Crippen molar-refractivity contribution in [2.24, 2.45) is 0 Å². The average molecular weight is 310 g/mol. The van der Waals surface area contributed by atoms with Crippen LogP contribution in [-0.2, 0) is 11.3 Å². The second kappa shape index (κ2) is 8.98. The zero-order valence-electron chi connectivity index (χ0n) is 13.6. The number of benzene rings is 1. The van der Waals surface area contributed by atoms with Gasteiger partial charge in [-0.3, -0.25) is 0 Å². The van der Waals surface area contributed by atoms with E-state index in [2.05, 4.69) is 0 Å². The molecule has 5 heteroatoms. The Morgan fingerprint density at radius 2 is 1.82 bits per heavy atom. The van der Waals surface area contributed by atoms with Crippen LogP contribution in [0.2, 0.25) is 0 Å². The maximum absolute atomic E-state index is 10.1. The van der Waals surface area contributed by atoms with Crippen LogP contribution >= 0.6 is 0 Å². The largest absolute Gasteiger partial charge is 0.493 e. The number of nitrogens with one attached hydrogen (secondary N) is 1. The van der Waals surface area contributed by atoms with Crippen molar-refractivity contribution >= 4 is 0 Å². The lowest BCUT2D eigenvalue weighted by Crippen LogP contribution is -3.14. The third-order valence-electron chi connectivity index (χ3n) is 4.11. The number of ether oxygens (including phenoxy) is 3. The predicted molar refractivity (Wildman–Crippen MR) is 84.6 cm³/mol. The van der Waals surface area contributed by atoms with Crippen LogP contribution in [0, 0.1) is 0 Å². The van der Waals surface area contributed by atoms with Crippen molar-refractivity contribution in [3.8, 4) is 11.5 Å². The average Bonchev–Trinajstić information content (AvgIpc) is 2.55. The molecule has 0 saturated carbocycles. The molecule has 0 aliphatic carbocycles. The molecule has 1 atom stereocenters. The Kier molecular flexibility index (Phi) is 6.96. The van der Waals surface area contributed by atoms with Crippen molar-refractivity contribution < 1.29 is 24.2 Å². The van der Waals surface area contributed by atoms with Crippen LogP contribution in [0.5, 0.6) is 11.5 Å². The molecule has 1 aromatic rings. The lowest BCUT2D eigenvalue weighted by molar-refractivity contribution is -0.908. The lowest BCUT2D eigenvalue weighted by Gasteiger charge is -2.25. The standard InChI is InChI=1S/C17H27NO4/c1-20-16-7-6-14(10-17(16)21-2)12-22-13-15(19)11-18-8-4-3-5-9-18/h6-7,10,15,19H,3-5,8-9,11-13H2,1-2H3/p+1/t15-/m1/s1. The van der Waals surface area contributed by atoms with Crippen molar-refractivity contribution in [1.29, 1.82) is 0 Å². The first-order valence-electron chi connectivity index (χ1n) is 8.03. The molecule has 124 valence electrons. The molecule has 2 N–H and O–H groups in total. The highest BCUT2D eigenvalue weighted by Crippen LogP contribution is 2.27. The Hall–Kier alpha value is -1.30. The fourth-order valence-electron chi connectivity index (χ4n) is 2.93. The van der Waals surface area contributed by atoms with Gasteiger partial charge in [0.1, 0.15) is 12.6 Å². The van der Waals surface area contributed by atoms with E-state index in [4.69, 9.17) is 14.2 Å². The van der Waals surface area contributed by atoms with Gasteiger partial charge in [0.2, 0.25) is 0 Å². The summed E-state index contributed by atoms with van der Waals surface area (Å²) in [5.41, 5.74) is 1.01.